The quantitative estimate of drug-likeness (QED) is 0.190. The summed E-state index contributed by atoms with van der Waals surface area (Å²) in [5.74, 6) is -2.51. The second kappa shape index (κ2) is 11.8. The molecule has 0 aliphatic carbocycles. The summed E-state index contributed by atoms with van der Waals surface area (Å²) in [6, 6.07) is 24.5. The van der Waals surface area contributed by atoms with Gasteiger partial charge in [0, 0.05) is 22.3 Å². The number of nitrogens with one attached hydrogen (secondary N) is 2. The minimum atomic E-state index is -1.42. The number of carboxylic acid groups (broad SMARTS) is 2. The van der Waals surface area contributed by atoms with Crippen LogP contribution in [0, 0.1) is 0 Å². The number of ether oxygens (including phenoxy) is 2. The van der Waals surface area contributed by atoms with Gasteiger partial charge >= 0.3 is 11.9 Å². The number of rotatable bonds is 9. The van der Waals surface area contributed by atoms with E-state index in [0.29, 0.717) is 22.9 Å². The predicted octanol–water partition coefficient (Wildman–Crippen LogP) is 5.54. The van der Waals surface area contributed by atoms with Crippen molar-refractivity contribution in [1.82, 2.24) is 0 Å². The maximum atomic E-state index is 13.4. The van der Waals surface area contributed by atoms with Gasteiger partial charge in [-0.3, -0.25) is 9.59 Å². The zero-order chi connectivity index (χ0) is 28.9. The van der Waals surface area contributed by atoms with Crippen LogP contribution < -0.4 is 20.1 Å². The zero-order valence-electron chi connectivity index (χ0n) is 21.2. The van der Waals surface area contributed by atoms with Crippen molar-refractivity contribution in [3.8, 4) is 11.5 Å². The van der Waals surface area contributed by atoms with Crippen LogP contribution in [0.2, 0.25) is 0 Å². The van der Waals surface area contributed by atoms with E-state index >= 15 is 0 Å². The van der Waals surface area contributed by atoms with Crippen LogP contribution in [-0.4, -0.2) is 40.8 Å². The van der Waals surface area contributed by atoms with Crippen molar-refractivity contribution in [2.45, 2.75) is 10.1 Å². The molecule has 11 heteroatoms. The highest BCUT2D eigenvalue weighted by Gasteiger charge is 2.24. The molecule has 2 amide bonds. The number of aromatic carboxylic acids is 2. The first-order valence-electron chi connectivity index (χ1n) is 12.2. The van der Waals surface area contributed by atoms with Crippen molar-refractivity contribution in [2.24, 2.45) is 0 Å². The van der Waals surface area contributed by atoms with Crippen LogP contribution in [0.4, 0.5) is 11.4 Å². The van der Waals surface area contributed by atoms with E-state index in [1.165, 1.54) is 17.8 Å². The molecule has 5 rings (SSSR count). The molecule has 0 radical (unpaired) electrons. The fourth-order valence-corrected chi connectivity index (χ4v) is 5.11. The number of benzene rings is 4. The van der Waals surface area contributed by atoms with E-state index in [4.69, 9.17) is 14.6 Å². The number of hydrogen-bond donors (Lipinski definition) is 4. The molecule has 1 heterocycles. The molecule has 1 aliphatic rings. The fraction of sp³-hybridized carbons (Fsp3) is 0.0667. The zero-order valence-corrected chi connectivity index (χ0v) is 22.0. The van der Waals surface area contributed by atoms with Crippen molar-refractivity contribution in [2.75, 3.05) is 17.4 Å². The van der Waals surface area contributed by atoms with Gasteiger partial charge in [0.15, 0.2) is 11.5 Å². The molecule has 0 fully saturated rings. The smallest absolute Gasteiger partial charge is 0.336 e. The monoisotopic (exact) mass is 570 g/mol. The van der Waals surface area contributed by atoms with Gasteiger partial charge in [-0.2, -0.15) is 0 Å². The highest BCUT2D eigenvalue weighted by molar-refractivity contribution is 8.00. The SMILES string of the molecule is O=C(O)c1ccc(C(=O)Nc2ccc(SC(C(=O)Nc3ccc4c(c3)OCO4)c3ccccc3)cc2)c(C(=O)O)c1. The van der Waals surface area contributed by atoms with Crippen LogP contribution in [0.1, 0.15) is 41.9 Å². The summed E-state index contributed by atoms with van der Waals surface area (Å²) in [4.78, 5) is 49.8. The standard InChI is InChI=1S/C30H22N2O8S/c33-27(22-12-6-18(29(35)36)14-23(22)30(37)38)31-19-7-10-21(11-8-19)41-26(17-4-2-1-3-5-17)28(34)32-20-9-13-24-25(15-20)40-16-39-24/h1-15,26H,16H2,(H,31,33)(H,32,34)(H,35,36)(H,37,38). The van der Waals surface area contributed by atoms with Crippen molar-refractivity contribution in [3.05, 3.63) is 113 Å². The van der Waals surface area contributed by atoms with Gasteiger partial charge in [-0.15, -0.1) is 11.8 Å². The number of fused-ring (bicyclic) bond motifs is 1. The summed E-state index contributed by atoms with van der Waals surface area (Å²) >= 11 is 1.32. The number of thioether (sulfide) groups is 1. The fourth-order valence-electron chi connectivity index (χ4n) is 4.09. The van der Waals surface area contributed by atoms with Gasteiger partial charge in [-0.25, -0.2) is 9.59 Å². The van der Waals surface area contributed by atoms with Crippen LogP contribution in [0.3, 0.4) is 0 Å². The molecule has 0 bridgehead atoms. The second-order valence-corrected chi connectivity index (χ2v) is 9.99. The summed E-state index contributed by atoms with van der Waals surface area (Å²) in [7, 11) is 0. The summed E-state index contributed by atoms with van der Waals surface area (Å²) in [6.07, 6.45) is 0. The second-order valence-electron chi connectivity index (χ2n) is 8.82. The average molecular weight is 571 g/mol. The van der Waals surface area contributed by atoms with Gasteiger partial charge in [-0.1, -0.05) is 30.3 Å². The predicted molar refractivity (Wildman–Crippen MR) is 151 cm³/mol. The van der Waals surface area contributed by atoms with Gasteiger partial charge in [0.05, 0.1) is 16.7 Å². The molecule has 1 aliphatic heterocycles. The van der Waals surface area contributed by atoms with Gasteiger partial charge in [0.25, 0.3) is 5.91 Å². The molecule has 41 heavy (non-hydrogen) atoms. The summed E-state index contributed by atoms with van der Waals surface area (Å²) in [5, 5.41) is 23.5. The molecule has 4 aromatic carbocycles. The Kier molecular flexibility index (Phi) is 7.88. The van der Waals surface area contributed by atoms with Crippen molar-refractivity contribution >= 4 is 46.9 Å². The molecule has 1 unspecified atom stereocenters. The molecule has 10 nitrogen and oxygen atoms in total. The van der Waals surface area contributed by atoms with E-state index < -0.39 is 28.7 Å². The Morgan fingerprint density at radius 3 is 2.12 bits per heavy atom. The summed E-state index contributed by atoms with van der Waals surface area (Å²) < 4.78 is 10.7. The van der Waals surface area contributed by atoms with Crippen LogP contribution in [0.25, 0.3) is 0 Å². The van der Waals surface area contributed by atoms with Crippen molar-refractivity contribution < 1.29 is 38.9 Å². The lowest BCUT2D eigenvalue weighted by molar-refractivity contribution is -0.115. The minimum Gasteiger partial charge on any atom is -0.478 e. The Labute approximate surface area is 237 Å². The molecule has 0 saturated heterocycles. The van der Waals surface area contributed by atoms with E-state index in [0.717, 1.165) is 22.6 Å². The Balaban J connectivity index is 1.31. The van der Waals surface area contributed by atoms with Gasteiger partial charge in [0.1, 0.15) is 5.25 Å². The highest BCUT2D eigenvalue weighted by atomic mass is 32.2. The number of hydrogen-bond acceptors (Lipinski definition) is 7. The first kappa shape index (κ1) is 27.3. The number of anilines is 2. The maximum absolute atomic E-state index is 13.4. The van der Waals surface area contributed by atoms with E-state index in [-0.39, 0.29) is 23.8 Å². The van der Waals surface area contributed by atoms with Crippen LogP contribution in [0.5, 0.6) is 11.5 Å². The van der Waals surface area contributed by atoms with Gasteiger partial charge in [-0.05, 0) is 60.2 Å². The lowest BCUT2D eigenvalue weighted by Gasteiger charge is -2.17. The third-order valence-corrected chi connectivity index (χ3v) is 7.35. The third kappa shape index (κ3) is 6.31. The number of carbonyl (C=O) groups is 4. The maximum Gasteiger partial charge on any atom is 0.336 e. The number of amides is 2. The molecular formula is C30H22N2O8S. The molecule has 4 aromatic rings. The summed E-state index contributed by atoms with van der Waals surface area (Å²) in [6.45, 7) is 0.128. The summed E-state index contributed by atoms with van der Waals surface area (Å²) in [5.41, 5.74) is 0.907. The molecule has 0 spiro atoms. The van der Waals surface area contributed by atoms with Crippen LogP contribution in [0.15, 0.2) is 95.9 Å². The Hall–Kier alpha value is -5.29. The Morgan fingerprint density at radius 2 is 1.41 bits per heavy atom. The lowest BCUT2D eigenvalue weighted by atomic mass is 10.0. The number of carboxylic acids is 2. The van der Waals surface area contributed by atoms with E-state index in [1.807, 2.05) is 30.3 Å². The van der Waals surface area contributed by atoms with Crippen LogP contribution >= 0.6 is 11.8 Å². The molecule has 1 atom stereocenters. The van der Waals surface area contributed by atoms with Crippen molar-refractivity contribution in [3.63, 3.8) is 0 Å². The highest BCUT2D eigenvalue weighted by Crippen LogP contribution is 2.38. The molecular weight excluding hydrogens is 548 g/mol. The molecule has 206 valence electrons. The third-order valence-electron chi connectivity index (χ3n) is 6.09. The molecule has 0 aromatic heterocycles. The van der Waals surface area contributed by atoms with Crippen molar-refractivity contribution in [1.29, 1.82) is 0 Å². The van der Waals surface area contributed by atoms with E-state index in [2.05, 4.69) is 10.6 Å². The largest absolute Gasteiger partial charge is 0.478 e. The van der Waals surface area contributed by atoms with E-state index in [1.54, 1.807) is 42.5 Å². The molecule has 0 saturated carbocycles. The Bertz CT molecular complexity index is 1640. The van der Waals surface area contributed by atoms with E-state index in [9.17, 15) is 24.3 Å². The van der Waals surface area contributed by atoms with Crippen LogP contribution in [-0.2, 0) is 4.79 Å². The van der Waals surface area contributed by atoms with Gasteiger partial charge in [0.2, 0.25) is 12.7 Å². The topological polar surface area (TPSA) is 151 Å². The van der Waals surface area contributed by atoms with Gasteiger partial charge < -0.3 is 30.3 Å². The first-order chi connectivity index (χ1) is 19.8. The normalized spacial score (nSPS) is 12.3. The minimum absolute atomic E-state index is 0.128. The number of carbonyl (C=O) groups excluding carboxylic acids is 2. The average Bonchev–Trinajstić information content (AvgIpc) is 3.44. The Morgan fingerprint density at radius 1 is 0.707 bits per heavy atom. The lowest BCUT2D eigenvalue weighted by Crippen LogP contribution is -2.19. The first-order valence-corrected chi connectivity index (χ1v) is 13.1. The molecule has 4 N–H and O–H groups in total.